The van der Waals surface area contributed by atoms with Crippen molar-refractivity contribution in [3.8, 4) is 5.75 Å². The van der Waals surface area contributed by atoms with Crippen LogP contribution in [0.15, 0.2) is 89.8 Å². The van der Waals surface area contributed by atoms with Gasteiger partial charge in [-0.05, 0) is 42.0 Å². The van der Waals surface area contributed by atoms with Crippen LogP contribution in [0.25, 0.3) is 0 Å². The Morgan fingerprint density at radius 2 is 1.53 bits per heavy atom. The molecular weight excluding hydrogens is 456 g/mol. The van der Waals surface area contributed by atoms with Crippen LogP contribution in [0.2, 0.25) is 0 Å². The second kappa shape index (κ2) is 9.58. The van der Waals surface area contributed by atoms with Gasteiger partial charge in [0.1, 0.15) is 11.8 Å². The Labute approximate surface area is 197 Å². The monoisotopic (exact) mass is 478 g/mol. The zero-order valence-electron chi connectivity index (χ0n) is 18.3. The van der Waals surface area contributed by atoms with Gasteiger partial charge in [-0.3, -0.25) is 14.4 Å². The predicted octanol–water partition coefficient (Wildman–Crippen LogP) is 3.13. The van der Waals surface area contributed by atoms with Crippen molar-refractivity contribution in [3.05, 3.63) is 90.5 Å². The summed E-state index contributed by atoms with van der Waals surface area (Å²) in [6, 6.07) is 21.4. The van der Waals surface area contributed by atoms with Crippen molar-refractivity contribution in [3.63, 3.8) is 0 Å². The molecule has 0 aromatic heterocycles. The molecule has 1 heterocycles. The lowest BCUT2D eigenvalue weighted by Crippen LogP contribution is -2.45. The Kier molecular flexibility index (Phi) is 6.58. The minimum Gasteiger partial charge on any atom is -0.427 e. The molecule has 34 heavy (non-hydrogen) atoms. The molecule has 0 radical (unpaired) electrons. The number of ether oxygens (including phenoxy) is 1. The summed E-state index contributed by atoms with van der Waals surface area (Å²) in [4.78, 5) is 38.4. The summed E-state index contributed by atoms with van der Waals surface area (Å²) >= 11 is 0. The maximum absolute atomic E-state index is 13.6. The third kappa shape index (κ3) is 4.75. The van der Waals surface area contributed by atoms with Crippen molar-refractivity contribution in [2.75, 3.05) is 4.90 Å². The largest absolute Gasteiger partial charge is 0.427 e. The highest BCUT2D eigenvalue weighted by molar-refractivity contribution is 7.89. The second-order valence-corrected chi connectivity index (χ2v) is 9.61. The molecule has 3 aromatic rings. The minimum absolute atomic E-state index is 0.0374. The highest BCUT2D eigenvalue weighted by atomic mass is 32.2. The number of anilines is 1. The molecule has 1 fully saturated rings. The van der Waals surface area contributed by atoms with Gasteiger partial charge in [0.2, 0.25) is 15.9 Å². The molecule has 1 atom stereocenters. The molecule has 174 valence electrons. The first-order chi connectivity index (χ1) is 16.3. The average Bonchev–Trinajstić information content (AvgIpc) is 3.12. The molecule has 3 aromatic carbocycles. The van der Waals surface area contributed by atoms with Crippen molar-refractivity contribution in [1.82, 2.24) is 4.31 Å². The van der Waals surface area contributed by atoms with Gasteiger partial charge in [-0.1, -0.05) is 48.5 Å². The molecule has 2 amide bonds. The molecule has 4 rings (SSSR count). The molecule has 1 saturated heterocycles. The summed E-state index contributed by atoms with van der Waals surface area (Å²) in [5, 5.41) is 0. The average molecular weight is 479 g/mol. The van der Waals surface area contributed by atoms with Crippen LogP contribution in [0.4, 0.5) is 5.69 Å². The van der Waals surface area contributed by atoms with E-state index in [0.29, 0.717) is 5.56 Å². The number of hydrogen-bond donors (Lipinski definition) is 0. The molecule has 0 aliphatic carbocycles. The zero-order valence-corrected chi connectivity index (χ0v) is 19.1. The number of nitrogens with zero attached hydrogens (tertiary/aromatic N) is 2. The van der Waals surface area contributed by atoms with Crippen LogP contribution in [0.1, 0.15) is 18.9 Å². The van der Waals surface area contributed by atoms with Gasteiger partial charge in [0, 0.05) is 13.5 Å². The van der Waals surface area contributed by atoms with Crippen LogP contribution in [0.5, 0.6) is 5.75 Å². The quantitative estimate of drug-likeness (QED) is 0.294. The fourth-order valence-corrected chi connectivity index (χ4v) is 5.39. The normalized spacial score (nSPS) is 16.2. The molecule has 8 nitrogen and oxygen atoms in total. The number of esters is 1. The van der Waals surface area contributed by atoms with Crippen molar-refractivity contribution >= 4 is 33.5 Å². The fourth-order valence-electron chi connectivity index (χ4n) is 3.80. The minimum atomic E-state index is -4.09. The number of rotatable bonds is 7. The van der Waals surface area contributed by atoms with E-state index in [1.807, 2.05) is 6.07 Å². The van der Waals surface area contributed by atoms with E-state index in [1.165, 1.54) is 43.3 Å². The van der Waals surface area contributed by atoms with E-state index in [-0.39, 0.29) is 29.3 Å². The predicted molar refractivity (Wildman–Crippen MR) is 124 cm³/mol. The highest BCUT2D eigenvalue weighted by Gasteiger charge is 2.47. The summed E-state index contributed by atoms with van der Waals surface area (Å²) in [5.41, 5.74) is 0.955. The summed E-state index contributed by atoms with van der Waals surface area (Å²) < 4.78 is 33.2. The van der Waals surface area contributed by atoms with E-state index in [1.54, 1.807) is 42.5 Å². The van der Waals surface area contributed by atoms with Gasteiger partial charge in [-0.25, -0.2) is 13.3 Å². The lowest BCUT2D eigenvalue weighted by atomic mass is 10.2. The van der Waals surface area contributed by atoms with E-state index >= 15 is 0 Å². The van der Waals surface area contributed by atoms with Crippen LogP contribution in [-0.2, 0) is 31.0 Å². The number of carbonyl (C=O) groups excluding carboxylic acids is 3. The fraction of sp³-hybridized carbons (Fsp3) is 0.160. The van der Waals surface area contributed by atoms with Crippen molar-refractivity contribution in [2.24, 2.45) is 0 Å². The molecule has 9 heteroatoms. The van der Waals surface area contributed by atoms with Crippen LogP contribution in [0, 0.1) is 0 Å². The Hall–Kier alpha value is -3.82. The maximum atomic E-state index is 13.6. The maximum Gasteiger partial charge on any atom is 0.308 e. The summed E-state index contributed by atoms with van der Waals surface area (Å²) in [7, 11) is -4.09. The van der Waals surface area contributed by atoms with Gasteiger partial charge in [-0.2, -0.15) is 4.31 Å². The first-order valence-corrected chi connectivity index (χ1v) is 12.0. The van der Waals surface area contributed by atoms with Gasteiger partial charge in [0.25, 0.3) is 5.91 Å². The van der Waals surface area contributed by atoms with Crippen LogP contribution < -0.4 is 9.64 Å². The first-order valence-electron chi connectivity index (χ1n) is 10.5. The Morgan fingerprint density at radius 3 is 2.12 bits per heavy atom. The number of hydrogen-bond acceptors (Lipinski definition) is 6. The van der Waals surface area contributed by atoms with Crippen LogP contribution >= 0.6 is 0 Å². The first kappa shape index (κ1) is 23.3. The Morgan fingerprint density at radius 1 is 0.941 bits per heavy atom. The number of sulfonamides is 1. The van der Waals surface area contributed by atoms with Gasteiger partial charge >= 0.3 is 5.97 Å². The Bertz CT molecular complexity index is 1310. The number of imide groups is 1. The summed E-state index contributed by atoms with van der Waals surface area (Å²) in [6.07, 6.45) is -0.288. The van der Waals surface area contributed by atoms with E-state index in [9.17, 15) is 22.8 Å². The van der Waals surface area contributed by atoms with Gasteiger partial charge in [0.05, 0.1) is 17.0 Å². The summed E-state index contributed by atoms with van der Waals surface area (Å²) in [5.74, 6) is -1.38. The molecule has 0 spiro atoms. The molecule has 0 bridgehead atoms. The Balaban J connectivity index is 1.68. The van der Waals surface area contributed by atoms with Gasteiger partial charge in [0.15, 0.2) is 0 Å². The lowest BCUT2D eigenvalue weighted by Gasteiger charge is -2.27. The standard InChI is InChI=1S/C25H22N2O6S/c1-18(28)33-21-14-12-20(13-15-21)27-24(29)16-23(25(27)30)26(17-19-8-4-2-5-9-19)34(31,32)22-10-6-3-7-11-22/h2-15,23H,16-17H2,1H3. The van der Waals surface area contributed by atoms with E-state index in [2.05, 4.69) is 0 Å². The number of carbonyl (C=O) groups is 3. The van der Waals surface area contributed by atoms with Gasteiger partial charge < -0.3 is 4.74 Å². The number of benzene rings is 3. The van der Waals surface area contributed by atoms with Gasteiger partial charge in [-0.15, -0.1) is 0 Å². The molecule has 1 aliphatic heterocycles. The smallest absolute Gasteiger partial charge is 0.308 e. The third-order valence-corrected chi connectivity index (χ3v) is 7.23. The van der Waals surface area contributed by atoms with E-state index in [4.69, 9.17) is 4.74 Å². The van der Waals surface area contributed by atoms with Crippen molar-refractivity contribution < 1.29 is 27.5 Å². The highest BCUT2D eigenvalue weighted by Crippen LogP contribution is 2.31. The second-order valence-electron chi connectivity index (χ2n) is 7.72. The summed E-state index contributed by atoms with van der Waals surface area (Å²) in [6.45, 7) is 1.20. The molecular formula is C25H22N2O6S. The lowest BCUT2D eigenvalue weighted by molar-refractivity contribution is -0.132. The SMILES string of the molecule is CC(=O)Oc1ccc(N2C(=O)CC(N(Cc3ccccc3)S(=O)(=O)c3ccccc3)C2=O)cc1. The molecule has 0 N–H and O–H groups in total. The van der Waals surface area contributed by atoms with Crippen molar-refractivity contribution in [1.29, 1.82) is 0 Å². The molecule has 1 unspecified atom stereocenters. The zero-order chi connectivity index (χ0) is 24.3. The molecule has 1 aliphatic rings. The topological polar surface area (TPSA) is 101 Å². The number of amides is 2. The van der Waals surface area contributed by atoms with Crippen molar-refractivity contribution in [2.45, 2.75) is 30.8 Å². The third-order valence-electron chi connectivity index (χ3n) is 5.36. The molecule has 0 saturated carbocycles. The van der Waals surface area contributed by atoms with Crippen LogP contribution in [0.3, 0.4) is 0 Å². The van der Waals surface area contributed by atoms with E-state index in [0.717, 1.165) is 9.21 Å². The van der Waals surface area contributed by atoms with Crippen LogP contribution in [-0.4, -0.2) is 36.5 Å². The van der Waals surface area contributed by atoms with E-state index < -0.39 is 33.8 Å².